The molecule has 0 aromatic heterocycles. The lowest BCUT2D eigenvalue weighted by atomic mass is 9.50. The van der Waals surface area contributed by atoms with Crippen LogP contribution in [0, 0.1) is 11.3 Å². The lowest BCUT2D eigenvalue weighted by Gasteiger charge is -2.57. The minimum atomic E-state index is -0.140. The molecule has 2 aromatic rings. The van der Waals surface area contributed by atoms with Crippen LogP contribution < -0.4 is 20.7 Å². The number of rotatable bonds is 6. The van der Waals surface area contributed by atoms with Crippen LogP contribution in [0.2, 0.25) is 0 Å². The van der Waals surface area contributed by atoms with Crippen molar-refractivity contribution >= 4 is 17.6 Å². The minimum Gasteiger partial charge on any atom is -0.497 e. The van der Waals surface area contributed by atoms with E-state index < -0.39 is 0 Å². The molecular formula is C23H27N3O3. The Bertz CT molecular complexity index is 853. The summed E-state index contributed by atoms with van der Waals surface area (Å²) in [5.41, 5.74) is 2.12. The first-order chi connectivity index (χ1) is 14.0. The van der Waals surface area contributed by atoms with E-state index in [0.717, 1.165) is 42.7 Å². The van der Waals surface area contributed by atoms with Crippen LogP contribution >= 0.6 is 0 Å². The Morgan fingerprint density at radius 1 is 1.00 bits per heavy atom. The van der Waals surface area contributed by atoms with Gasteiger partial charge in [0, 0.05) is 24.2 Å². The summed E-state index contributed by atoms with van der Waals surface area (Å²) in [4.78, 5) is 24.5. The van der Waals surface area contributed by atoms with Crippen LogP contribution in [-0.4, -0.2) is 25.1 Å². The number of hydrogen-bond donors (Lipinski definition) is 3. The zero-order chi connectivity index (χ0) is 20.3. The number of nitrogens with one attached hydrogen (secondary N) is 3. The van der Waals surface area contributed by atoms with Crippen LogP contribution in [0.25, 0.3) is 0 Å². The first-order valence-electron chi connectivity index (χ1n) is 10.1. The van der Waals surface area contributed by atoms with E-state index in [1.54, 1.807) is 7.11 Å². The second-order valence-electron chi connectivity index (χ2n) is 8.24. The van der Waals surface area contributed by atoms with Crippen molar-refractivity contribution in [2.75, 3.05) is 12.4 Å². The van der Waals surface area contributed by atoms with Gasteiger partial charge in [0.05, 0.1) is 7.11 Å². The van der Waals surface area contributed by atoms with E-state index in [9.17, 15) is 9.59 Å². The number of methoxy groups -OCH3 is 1. The zero-order valence-electron chi connectivity index (χ0n) is 16.6. The van der Waals surface area contributed by atoms with Crippen molar-refractivity contribution in [1.82, 2.24) is 10.6 Å². The number of benzene rings is 2. The average molecular weight is 393 g/mol. The lowest BCUT2D eigenvalue weighted by Crippen LogP contribution is -2.59. The van der Waals surface area contributed by atoms with Crippen molar-refractivity contribution in [2.24, 2.45) is 11.3 Å². The Kier molecular flexibility index (Phi) is 5.43. The summed E-state index contributed by atoms with van der Waals surface area (Å²) in [5, 5.41) is 8.93. The normalized spacial score (nSPS) is 24.7. The summed E-state index contributed by atoms with van der Waals surface area (Å²) in [6, 6.07) is 17.3. The molecule has 0 aliphatic heterocycles. The van der Waals surface area contributed by atoms with Gasteiger partial charge >= 0.3 is 6.03 Å². The van der Waals surface area contributed by atoms with Gasteiger partial charge in [0.1, 0.15) is 5.75 Å². The van der Waals surface area contributed by atoms with E-state index in [2.05, 4.69) is 16.0 Å². The van der Waals surface area contributed by atoms with Gasteiger partial charge in [0.2, 0.25) is 5.91 Å². The predicted octanol–water partition coefficient (Wildman–Crippen LogP) is 3.69. The summed E-state index contributed by atoms with van der Waals surface area (Å²) < 4.78 is 5.13. The molecule has 2 aliphatic rings. The highest BCUT2D eigenvalue weighted by molar-refractivity contribution is 5.93. The van der Waals surface area contributed by atoms with Crippen LogP contribution in [0.1, 0.15) is 31.2 Å². The van der Waals surface area contributed by atoms with Gasteiger partial charge in [-0.25, -0.2) is 4.79 Å². The van der Waals surface area contributed by atoms with Crippen molar-refractivity contribution < 1.29 is 14.3 Å². The molecule has 152 valence electrons. The quantitative estimate of drug-likeness (QED) is 0.700. The summed E-state index contributed by atoms with van der Waals surface area (Å²) in [6.07, 6.45) is 3.74. The molecule has 6 nitrogen and oxygen atoms in total. The van der Waals surface area contributed by atoms with E-state index in [1.165, 1.54) is 0 Å². The summed E-state index contributed by atoms with van der Waals surface area (Å²) >= 11 is 0. The standard InChI is InChI=1S/C23H27N3O3/c1-29-20-9-7-16(8-10-20)15-24-22(28)26-19-13-23(14-19)11-17(12-23)21(27)25-18-5-3-2-4-6-18/h2-10,17,19H,11-15H2,1H3,(H,25,27)(H2,24,26,28). The molecule has 2 fully saturated rings. The third-order valence-corrected chi connectivity index (χ3v) is 6.08. The summed E-state index contributed by atoms with van der Waals surface area (Å²) in [7, 11) is 1.63. The van der Waals surface area contributed by atoms with Gasteiger partial charge in [-0.3, -0.25) is 4.79 Å². The van der Waals surface area contributed by atoms with Gasteiger partial charge in [-0.05, 0) is 60.9 Å². The number of urea groups is 1. The number of anilines is 1. The molecule has 0 unspecified atom stereocenters. The van der Waals surface area contributed by atoms with Crippen molar-refractivity contribution in [3.8, 4) is 5.75 Å². The van der Waals surface area contributed by atoms with Gasteiger partial charge in [-0.1, -0.05) is 30.3 Å². The molecule has 0 radical (unpaired) electrons. The van der Waals surface area contributed by atoms with Crippen LogP contribution in [-0.2, 0) is 11.3 Å². The van der Waals surface area contributed by atoms with Crippen LogP contribution in [0.3, 0.4) is 0 Å². The Hall–Kier alpha value is -3.02. The highest BCUT2D eigenvalue weighted by atomic mass is 16.5. The van der Waals surface area contributed by atoms with Crippen molar-refractivity contribution in [3.05, 3.63) is 60.2 Å². The van der Waals surface area contributed by atoms with E-state index in [1.807, 2.05) is 54.6 Å². The molecule has 2 aliphatic carbocycles. The fraction of sp³-hybridized carbons (Fsp3) is 0.391. The minimum absolute atomic E-state index is 0.0834. The molecule has 3 amide bonds. The van der Waals surface area contributed by atoms with Crippen LogP contribution in [0.15, 0.2) is 54.6 Å². The molecule has 4 rings (SSSR count). The number of para-hydroxylation sites is 1. The van der Waals surface area contributed by atoms with E-state index >= 15 is 0 Å². The van der Waals surface area contributed by atoms with Crippen molar-refractivity contribution in [1.29, 1.82) is 0 Å². The van der Waals surface area contributed by atoms with Crippen LogP contribution in [0.5, 0.6) is 5.75 Å². The number of ether oxygens (including phenoxy) is 1. The Morgan fingerprint density at radius 2 is 1.69 bits per heavy atom. The highest BCUT2D eigenvalue weighted by Crippen LogP contribution is 2.58. The molecule has 3 N–H and O–H groups in total. The third-order valence-electron chi connectivity index (χ3n) is 6.08. The van der Waals surface area contributed by atoms with Gasteiger partial charge in [-0.2, -0.15) is 0 Å². The van der Waals surface area contributed by atoms with Gasteiger partial charge < -0.3 is 20.7 Å². The SMILES string of the molecule is COc1ccc(CNC(=O)NC2CC3(C2)CC(C(=O)Nc2ccccc2)C3)cc1. The molecule has 29 heavy (non-hydrogen) atoms. The molecule has 0 atom stereocenters. The van der Waals surface area contributed by atoms with Gasteiger partial charge in [0.25, 0.3) is 0 Å². The van der Waals surface area contributed by atoms with Crippen molar-refractivity contribution in [3.63, 3.8) is 0 Å². The summed E-state index contributed by atoms with van der Waals surface area (Å²) in [5.74, 6) is 0.991. The van der Waals surface area contributed by atoms with Crippen LogP contribution in [0.4, 0.5) is 10.5 Å². The number of carbonyl (C=O) groups excluding carboxylic acids is 2. The number of amides is 3. The number of hydrogen-bond acceptors (Lipinski definition) is 3. The van der Waals surface area contributed by atoms with E-state index in [0.29, 0.717) is 6.54 Å². The molecule has 1 spiro atoms. The molecule has 2 saturated carbocycles. The fourth-order valence-corrected chi connectivity index (χ4v) is 4.52. The Labute approximate surface area is 171 Å². The second kappa shape index (κ2) is 8.15. The predicted molar refractivity (Wildman–Crippen MR) is 112 cm³/mol. The highest BCUT2D eigenvalue weighted by Gasteiger charge is 2.55. The maximum absolute atomic E-state index is 12.3. The van der Waals surface area contributed by atoms with Gasteiger partial charge in [-0.15, -0.1) is 0 Å². The molecule has 0 bridgehead atoms. The molecule has 0 heterocycles. The lowest BCUT2D eigenvalue weighted by molar-refractivity contribution is -0.133. The molecule has 0 saturated heterocycles. The average Bonchev–Trinajstić information content (AvgIpc) is 2.68. The van der Waals surface area contributed by atoms with Crippen molar-refractivity contribution in [2.45, 2.75) is 38.3 Å². The molecule has 6 heteroatoms. The summed E-state index contributed by atoms with van der Waals surface area (Å²) in [6.45, 7) is 0.482. The first kappa shape index (κ1) is 19.3. The van der Waals surface area contributed by atoms with Gasteiger partial charge in [0.15, 0.2) is 0 Å². The molecule has 2 aromatic carbocycles. The maximum atomic E-state index is 12.3. The number of carbonyl (C=O) groups is 2. The second-order valence-corrected chi connectivity index (χ2v) is 8.24. The third kappa shape index (κ3) is 4.53. The first-order valence-corrected chi connectivity index (χ1v) is 10.1. The zero-order valence-corrected chi connectivity index (χ0v) is 16.6. The van der Waals surface area contributed by atoms with E-state index in [4.69, 9.17) is 4.74 Å². The smallest absolute Gasteiger partial charge is 0.315 e. The maximum Gasteiger partial charge on any atom is 0.315 e. The Morgan fingerprint density at radius 3 is 2.34 bits per heavy atom. The fourth-order valence-electron chi connectivity index (χ4n) is 4.52. The Balaban J connectivity index is 1.14. The topological polar surface area (TPSA) is 79.5 Å². The van der Waals surface area contributed by atoms with E-state index in [-0.39, 0.29) is 29.3 Å². The largest absolute Gasteiger partial charge is 0.497 e. The monoisotopic (exact) mass is 393 g/mol. The molecular weight excluding hydrogens is 366 g/mol.